The van der Waals surface area contributed by atoms with Crippen molar-refractivity contribution in [2.24, 2.45) is 0 Å². The fraction of sp³-hybridized carbons (Fsp3) is 0.259. The summed E-state index contributed by atoms with van der Waals surface area (Å²) in [5, 5.41) is 5.61. The topological polar surface area (TPSA) is 83.4 Å². The van der Waals surface area contributed by atoms with Gasteiger partial charge in [0.25, 0.3) is 5.91 Å². The maximum absolute atomic E-state index is 13.0. The summed E-state index contributed by atoms with van der Waals surface area (Å²) < 4.78 is 1.92. The number of anilines is 3. The largest absolute Gasteiger partial charge is 0.363 e. The van der Waals surface area contributed by atoms with Crippen LogP contribution in [0.25, 0.3) is 0 Å². The normalized spacial score (nSPS) is 15.2. The Morgan fingerprint density at radius 1 is 1.14 bits per heavy atom. The maximum atomic E-state index is 13.0. The second-order valence-corrected chi connectivity index (χ2v) is 9.71. The van der Waals surface area contributed by atoms with E-state index >= 15 is 0 Å². The van der Waals surface area contributed by atoms with Crippen LogP contribution in [0.1, 0.15) is 47.6 Å². The lowest BCUT2D eigenvalue weighted by Crippen LogP contribution is -2.24. The minimum absolute atomic E-state index is 0.00323. The summed E-state index contributed by atoms with van der Waals surface area (Å²) in [6.07, 6.45) is 7.48. The minimum Gasteiger partial charge on any atom is -0.363 e. The number of rotatable bonds is 7. The van der Waals surface area contributed by atoms with Gasteiger partial charge in [-0.2, -0.15) is 0 Å². The van der Waals surface area contributed by atoms with E-state index in [-0.39, 0.29) is 17.9 Å². The molecular weight excluding hydrogens is 472 g/mol. The van der Waals surface area contributed by atoms with Crippen LogP contribution in [0.15, 0.2) is 72.5 Å². The predicted molar refractivity (Wildman–Crippen MR) is 143 cm³/mol. The molecule has 184 valence electrons. The van der Waals surface area contributed by atoms with Gasteiger partial charge in [0.05, 0.1) is 11.7 Å². The Balaban J connectivity index is 1.27. The van der Waals surface area contributed by atoms with Crippen LogP contribution in [-0.4, -0.2) is 39.9 Å². The summed E-state index contributed by atoms with van der Waals surface area (Å²) >= 11 is 1.45. The van der Waals surface area contributed by atoms with E-state index in [0.29, 0.717) is 17.4 Å². The molecule has 0 saturated carbocycles. The van der Waals surface area contributed by atoms with Gasteiger partial charge in [-0.3, -0.25) is 19.9 Å². The Kier molecular flexibility index (Phi) is 6.81. The Hall–Kier alpha value is -3.98. The molecular formula is C27H28N6O2S. The number of hydrogen-bond donors (Lipinski definition) is 1. The molecule has 1 aromatic carbocycles. The van der Waals surface area contributed by atoms with Crippen LogP contribution >= 0.6 is 11.3 Å². The van der Waals surface area contributed by atoms with Gasteiger partial charge in [0.1, 0.15) is 5.69 Å². The van der Waals surface area contributed by atoms with Gasteiger partial charge in [-0.25, -0.2) is 4.98 Å². The Bertz CT molecular complexity index is 1350. The fourth-order valence-electron chi connectivity index (χ4n) is 4.53. The summed E-state index contributed by atoms with van der Waals surface area (Å²) in [7, 11) is 1.77. The van der Waals surface area contributed by atoms with Crippen molar-refractivity contribution < 1.29 is 9.59 Å². The highest BCUT2D eigenvalue weighted by Crippen LogP contribution is 2.37. The molecule has 0 spiro atoms. The van der Waals surface area contributed by atoms with Crippen LogP contribution < -0.4 is 15.1 Å². The van der Waals surface area contributed by atoms with E-state index in [1.165, 1.54) is 11.3 Å². The Labute approximate surface area is 214 Å². The number of nitrogens with zero attached hydrogens (tertiary/aromatic N) is 5. The number of carbonyl (C=O) groups excluding carboxylic acids is 2. The van der Waals surface area contributed by atoms with E-state index in [1.54, 1.807) is 31.3 Å². The first-order valence-electron chi connectivity index (χ1n) is 11.9. The van der Waals surface area contributed by atoms with Gasteiger partial charge in [0, 0.05) is 62.4 Å². The summed E-state index contributed by atoms with van der Waals surface area (Å²) in [4.78, 5) is 37.5. The zero-order valence-electron chi connectivity index (χ0n) is 20.3. The molecule has 0 aliphatic carbocycles. The lowest BCUT2D eigenvalue weighted by Gasteiger charge is -2.26. The van der Waals surface area contributed by atoms with Crippen molar-refractivity contribution in [2.75, 3.05) is 28.7 Å². The van der Waals surface area contributed by atoms with Gasteiger partial charge in [0.2, 0.25) is 5.91 Å². The Morgan fingerprint density at radius 3 is 2.67 bits per heavy atom. The lowest BCUT2D eigenvalue weighted by atomic mass is 10.1. The van der Waals surface area contributed by atoms with Crippen LogP contribution in [0, 0.1) is 0 Å². The van der Waals surface area contributed by atoms with E-state index in [2.05, 4.69) is 27.3 Å². The van der Waals surface area contributed by atoms with Gasteiger partial charge in [0.15, 0.2) is 5.13 Å². The average Bonchev–Trinajstić information content (AvgIpc) is 3.65. The second kappa shape index (κ2) is 10.3. The van der Waals surface area contributed by atoms with Crippen molar-refractivity contribution >= 4 is 39.7 Å². The molecule has 1 saturated heterocycles. The summed E-state index contributed by atoms with van der Waals surface area (Å²) in [6, 6.07) is 15.8. The van der Waals surface area contributed by atoms with Crippen molar-refractivity contribution in [3.05, 3.63) is 89.5 Å². The molecule has 4 aromatic rings. The highest BCUT2D eigenvalue weighted by molar-refractivity contribution is 7.14. The number of benzene rings is 1. The fourth-order valence-corrected chi connectivity index (χ4v) is 5.29. The number of thiazole rings is 1. The molecule has 1 atom stereocenters. The van der Waals surface area contributed by atoms with Gasteiger partial charge < -0.3 is 14.4 Å². The molecule has 1 aliphatic rings. The van der Waals surface area contributed by atoms with Crippen LogP contribution in [0.3, 0.4) is 0 Å². The van der Waals surface area contributed by atoms with E-state index in [4.69, 9.17) is 4.98 Å². The highest BCUT2D eigenvalue weighted by atomic mass is 32.1. The predicted octanol–water partition coefficient (Wildman–Crippen LogP) is 4.96. The van der Waals surface area contributed by atoms with Gasteiger partial charge in [-0.05, 0) is 66.9 Å². The number of nitrogens with one attached hydrogen (secondary N) is 1. The van der Waals surface area contributed by atoms with Crippen molar-refractivity contribution in [1.82, 2.24) is 14.5 Å². The van der Waals surface area contributed by atoms with Crippen LogP contribution in [-0.2, 0) is 11.3 Å². The molecule has 0 bridgehead atoms. The van der Waals surface area contributed by atoms with Crippen molar-refractivity contribution in [2.45, 2.75) is 32.4 Å². The summed E-state index contributed by atoms with van der Waals surface area (Å²) in [5.41, 5.74) is 4.60. The molecule has 5 rings (SSSR count). The van der Waals surface area contributed by atoms with E-state index in [0.717, 1.165) is 42.0 Å². The number of aromatic nitrogens is 3. The quantitative estimate of drug-likeness (QED) is 0.388. The number of amides is 2. The highest BCUT2D eigenvalue weighted by Gasteiger charge is 2.28. The first-order chi connectivity index (χ1) is 17.5. The first-order valence-corrected chi connectivity index (χ1v) is 12.8. The average molecular weight is 501 g/mol. The zero-order chi connectivity index (χ0) is 25.1. The van der Waals surface area contributed by atoms with Crippen LogP contribution in [0.4, 0.5) is 16.5 Å². The molecule has 36 heavy (non-hydrogen) atoms. The Morgan fingerprint density at radius 2 is 1.92 bits per heavy atom. The molecule has 3 aromatic heterocycles. The van der Waals surface area contributed by atoms with Crippen molar-refractivity contribution in [3.8, 4) is 0 Å². The number of carbonyl (C=O) groups is 2. The van der Waals surface area contributed by atoms with Gasteiger partial charge >= 0.3 is 0 Å². The van der Waals surface area contributed by atoms with Crippen molar-refractivity contribution in [1.29, 1.82) is 0 Å². The molecule has 0 unspecified atom stereocenters. The minimum atomic E-state index is -0.177. The number of pyridine rings is 1. The lowest BCUT2D eigenvalue weighted by molar-refractivity contribution is -0.116. The molecule has 1 aliphatic heterocycles. The molecule has 0 radical (unpaired) electrons. The molecule has 2 amide bonds. The number of hydrogen-bond acceptors (Lipinski definition) is 6. The van der Waals surface area contributed by atoms with E-state index in [1.807, 2.05) is 52.5 Å². The monoisotopic (exact) mass is 500 g/mol. The van der Waals surface area contributed by atoms with Crippen molar-refractivity contribution in [3.63, 3.8) is 0 Å². The third-order valence-corrected chi connectivity index (χ3v) is 7.32. The van der Waals surface area contributed by atoms with Crippen LogP contribution in [0.2, 0.25) is 0 Å². The second-order valence-electron chi connectivity index (χ2n) is 8.85. The summed E-state index contributed by atoms with van der Waals surface area (Å²) in [5.74, 6) is -0.174. The molecule has 4 heterocycles. The molecule has 1 N–H and O–H groups in total. The molecule has 9 heteroatoms. The third kappa shape index (κ3) is 5.01. The zero-order valence-corrected chi connectivity index (χ0v) is 21.1. The smallest absolute Gasteiger partial charge is 0.274 e. The summed E-state index contributed by atoms with van der Waals surface area (Å²) in [6.45, 7) is 3.09. The van der Waals surface area contributed by atoms with Crippen LogP contribution in [0.5, 0.6) is 0 Å². The standard InChI is InChI=1S/C27H28N6O2S/c1-19(34)31(2)21-7-9-22(10-8-21)33-16-4-5-24(33)23-18-36-27(29-23)30-26(35)25-6-3-15-32(25)17-20-11-13-28-14-12-20/h3,6-15,18,24H,4-5,16-17H2,1-2H3,(H,29,30,35)/t24-/m1/s1. The molecule has 1 fully saturated rings. The maximum Gasteiger partial charge on any atom is 0.274 e. The SMILES string of the molecule is CC(=O)N(C)c1ccc(N2CCC[C@@H]2c2csc(NC(=O)c3cccn3Cc3ccncc3)n2)cc1. The van der Waals surface area contributed by atoms with Gasteiger partial charge in [-0.1, -0.05) is 0 Å². The molecule has 8 nitrogen and oxygen atoms in total. The third-order valence-electron chi connectivity index (χ3n) is 6.54. The first kappa shape index (κ1) is 23.7. The van der Waals surface area contributed by atoms with E-state index < -0.39 is 0 Å². The van der Waals surface area contributed by atoms with E-state index in [9.17, 15) is 9.59 Å². The van der Waals surface area contributed by atoms with Gasteiger partial charge in [-0.15, -0.1) is 11.3 Å².